The van der Waals surface area contributed by atoms with E-state index >= 15 is 0 Å². The van der Waals surface area contributed by atoms with Crippen LogP contribution in [0.3, 0.4) is 0 Å². The molecule has 0 aliphatic heterocycles. The van der Waals surface area contributed by atoms with E-state index in [0.717, 1.165) is 18.4 Å². The fourth-order valence-electron chi connectivity index (χ4n) is 2.87. The highest BCUT2D eigenvalue weighted by Gasteiger charge is 2.27. The lowest BCUT2D eigenvalue weighted by Gasteiger charge is -2.09. The molecule has 2 aromatic carbocycles. The average molecular weight is 442 g/mol. The van der Waals surface area contributed by atoms with Crippen LogP contribution >= 0.6 is 0 Å². The fourth-order valence-corrected chi connectivity index (χ4v) is 4.17. The number of carbonyl (C=O) groups is 2. The van der Waals surface area contributed by atoms with Crippen LogP contribution in [0.4, 0.5) is 5.69 Å². The summed E-state index contributed by atoms with van der Waals surface area (Å²) >= 11 is 0. The van der Waals surface area contributed by atoms with E-state index in [1.807, 2.05) is 13.8 Å². The van der Waals surface area contributed by atoms with Crippen LogP contribution in [-0.2, 0) is 26.0 Å². The first kappa shape index (κ1) is 22.7. The largest absolute Gasteiger partial charge is 0.354 e. The van der Waals surface area contributed by atoms with Crippen molar-refractivity contribution in [2.24, 2.45) is 0 Å². The lowest BCUT2D eigenvalue weighted by atomic mass is 10.1. The van der Waals surface area contributed by atoms with Crippen molar-refractivity contribution in [3.8, 4) is 0 Å². The van der Waals surface area contributed by atoms with Gasteiger partial charge in [0, 0.05) is 23.8 Å². The van der Waals surface area contributed by atoms with E-state index in [4.69, 9.17) is 0 Å². The molecule has 0 heterocycles. The molecule has 1 aliphatic rings. The summed E-state index contributed by atoms with van der Waals surface area (Å²) in [5.74, 6) is -0.353. The lowest BCUT2D eigenvalue weighted by molar-refractivity contribution is -0.121. The van der Waals surface area contributed by atoms with Crippen molar-refractivity contribution in [2.45, 2.75) is 50.1 Å². The molecule has 3 rings (SSSR count). The Morgan fingerprint density at radius 1 is 1.03 bits per heavy atom. The van der Waals surface area contributed by atoms with Gasteiger partial charge < -0.3 is 10.6 Å². The van der Waals surface area contributed by atoms with Crippen molar-refractivity contribution in [1.82, 2.24) is 10.0 Å². The molecule has 0 saturated heterocycles. The van der Waals surface area contributed by atoms with Gasteiger partial charge in [-0.25, -0.2) is 13.1 Å². The predicted molar refractivity (Wildman–Crippen MR) is 121 cm³/mol. The van der Waals surface area contributed by atoms with Gasteiger partial charge in [0.2, 0.25) is 21.8 Å². The second-order valence-electron chi connectivity index (χ2n) is 7.88. The topological polar surface area (TPSA) is 104 Å². The number of sulfonamides is 1. The minimum atomic E-state index is -3.48. The molecule has 8 heteroatoms. The van der Waals surface area contributed by atoms with Gasteiger partial charge in [0.15, 0.2) is 0 Å². The number of anilines is 1. The summed E-state index contributed by atoms with van der Waals surface area (Å²) in [6.45, 7) is 3.82. The number of rotatable bonds is 9. The predicted octanol–water partition coefficient (Wildman–Crippen LogP) is 2.85. The molecule has 0 spiro atoms. The molecule has 0 atom stereocenters. The van der Waals surface area contributed by atoms with Gasteiger partial charge >= 0.3 is 0 Å². The maximum atomic E-state index is 12.2. The molecule has 1 fully saturated rings. The first-order valence-corrected chi connectivity index (χ1v) is 11.7. The van der Waals surface area contributed by atoms with Crippen molar-refractivity contribution >= 4 is 33.6 Å². The molecule has 2 amide bonds. The summed E-state index contributed by atoms with van der Waals surface area (Å²) in [4.78, 5) is 24.2. The van der Waals surface area contributed by atoms with Gasteiger partial charge in [-0.1, -0.05) is 24.3 Å². The third kappa shape index (κ3) is 7.34. The molecule has 1 saturated carbocycles. The maximum Gasteiger partial charge on any atom is 0.248 e. The van der Waals surface area contributed by atoms with E-state index in [2.05, 4.69) is 15.4 Å². The Kier molecular flexibility index (Phi) is 7.25. The van der Waals surface area contributed by atoms with Gasteiger partial charge in [0.05, 0.1) is 11.3 Å². The first-order valence-electron chi connectivity index (χ1n) is 10.2. The zero-order valence-electron chi connectivity index (χ0n) is 17.6. The van der Waals surface area contributed by atoms with Crippen LogP contribution in [0.1, 0.15) is 37.8 Å². The highest BCUT2D eigenvalue weighted by atomic mass is 32.2. The second-order valence-corrected chi connectivity index (χ2v) is 9.60. The highest BCUT2D eigenvalue weighted by molar-refractivity contribution is 7.89. The minimum absolute atomic E-state index is 0.0446. The van der Waals surface area contributed by atoms with Gasteiger partial charge in [-0.2, -0.15) is 0 Å². The van der Waals surface area contributed by atoms with Crippen molar-refractivity contribution in [3.63, 3.8) is 0 Å². The van der Waals surface area contributed by atoms with Crippen LogP contribution in [0.25, 0.3) is 6.08 Å². The summed E-state index contributed by atoms with van der Waals surface area (Å²) in [5.41, 5.74) is 2.19. The lowest BCUT2D eigenvalue weighted by Crippen LogP contribution is -2.31. The van der Waals surface area contributed by atoms with Gasteiger partial charge in [0.1, 0.15) is 0 Å². The molecule has 0 bridgehead atoms. The second kappa shape index (κ2) is 9.89. The van der Waals surface area contributed by atoms with E-state index < -0.39 is 10.0 Å². The highest BCUT2D eigenvalue weighted by Crippen LogP contribution is 2.22. The number of carbonyl (C=O) groups excluding carboxylic acids is 2. The first-order chi connectivity index (χ1) is 14.7. The smallest absolute Gasteiger partial charge is 0.248 e. The Morgan fingerprint density at radius 2 is 1.68 bits per heavy atom. The zero-order valence-corrected chi connectivity index (χ0v) is 18.4. The molecule has 7 nitrogen and oxygen atoms in total. The Labute approximate surface area is 183 Å². The van der Waals surface area contributed by atoms with E-state index in [9.17, 15) is 18.0 Å². The Morgan fingerprint density at radius 3 is 2.26 bits per heavy atom. The van der Waals surface area contributed by atoms with Crippen LogP contribution in [0.2, 0.25) is 0 Å². The van der Waals surface area contributed by atoms with Crippen molar-refractivity contribution in [1.29, 1.82) is 0 Å². The van der Waals surface area contributed by atoms with Crippen molar-refractivity contribution < 1.29 is 18.0 Å². The van der Waals surface area contributed by atoms with Gasteiger partial charge in [-0.15, -0.1) is 0 Å². The van der Waals surface area contributed by atoms with Crippen LogP contribution in [0.15, 0.2) is 59.5 Å². The van der Waals surface area contributed by atoms with E-state index in [1.54, 1.807) is 42.5 Å². The number of hydrogen-bond acceptors (Lipinski definition) is 4. The van der Waals surface area contributed by atoms with E-state index in [-0.39, 0.29) is 35.2 Å². The normalized spacial score (nSPS) is 14.0. The van der Waals surface area contributed by atoms with Crippen molar-refractivity contribution in [2.75, 3.05) is 5.32 Å². The average Bonchev–Trinajstić information content (AvgIpc) is 3.51. The summed E-state index contributed by atoms with van der Waals surface area (Å²) in [7, 11) is -3.48. The summed E-state index contributed by atoms with van der Waals surface area (Å²) in [5, 5.41) is 5.60. The summed E-state index contributed by atoms with van der Waals surface area (Å²) in [6.07, 6.45) is 5.05. The number of benzene rings is 2. The van der Waals surface area contributed by atoms with Gasteiger partial charge in [-0.05, 0) is 68.2 Å². The third-order valence-corrected chi connectivity index (χ3v) is 6.09. The van der Waals surface area contributed by atoms with Gasteiger partial charge in [0.25, 0.3) is 0 Å². The molecule has 1 aliphatic carbocycles. The molecule has 2 aromatic rings. The van der Waals surface area contributed by atoms with Crippen LogP contribution in [-0.4, -0.2) is 32.3 Å². The Bertz CT molecular complexity index is 1060. The maximum absolute atomic E-state index is 12.2. The Hall–Kier alpha value is -2.97. The van der Waals surface area contributed by atoms with Gasteiger partial charge in [-0.3, -0.25) is 9.59 Å². The molecule has 0 radical (unpaired) electrons. The quantitative estimate of drug-likeness (QED) is 0.521. The SMILES string of the molecule is CC(C)NC(=O)Cc1ccc(NC(=O)/C=C/c2ccc(S(=O)(=O)NC3CC3)cc2)cc1. The summed E-state index contributed by atoms with van der Waals surface area (Å²) in [6, 6.07) is 13.6. The van der Waals surface area contributed by atoms with Crippen LogP contribution in [0, 0.1) is 0 Å². The molecular formula is C23H27N3O4S. The number of amides is 2. The fraction of sp³-hybridized carbons (Fsp3) is 0.304. The van der Waals surface area contributed by atoms with E-state index in [0.29, 0.717) is 11.3 Å². The molecule has 0 unspecified atom stereocenters. The molecular weight excluding hydrogens is 414 g/mol. The standard InChI is InChI=1S/C23H27N3O4S/c1-16(2)24-23(28)15-18-3-8-19(9-4-18)25-22(27)14-7-17-5-12-21(13-6-17)31(29,30)26-20-10-11-20/h3-9,12-14,16,20,26H,10-11,15H2,1-2H3,(H,24,28)(H,25,27)/b14-7+. The van der Waals surface area contributed by atoms with Crippen LogP contribution in [0.5, 0.6) is 0 Å². The molecule has 3 N–H and O–H groups in total. The van der Waals surface area contributed by atoms with Crippen LogP contribution < -0.4 is 15.4 Å². The number of hydrogen-bond donors (Lipinski definition) is 3. The van der Waals surface area contributed by atoms with E-state index in [1.165, 1.54) is 18.2 Å². The monoisotopic (exact) mass is 441 g/mol. The Balaban J connectivity index is 1.52. The minimum Gasteiger partial charge on any atom is -0.354 e. The molecule has 164 valence electrons. The third-order valence-electron chi connectivity index (χ3n) is 4.55. The molecule has 0 aromatic heterocycles. The molecule has 31 heavy (non-hydrogen) atoms. The summed E-state index contributed by atoms with van der Waals surface area (Å²) < 4.78 is 27.0. The zero-order chi connectivity index (χ0) is 22.4. The van der Waals surface area contributed by atoms with Crippen molar-refractivity contribution in [3.05, 3.63) is 65.7 Å². The number of nitrogens with one attached hydrogen (secondary N) is 3.